The lowest BCUT2D eigenvalue weighted by Gasteiger charge is -2.25. The lowest BCUT2D eigenvalue weighted by atomic mass is 9.83. The van der Waals surface area contributed by atoms with Crippen molar-refractivity contribution in [3.8, 4) is 22.3 Å². The second kappa shape index (κ2) is 37.3. The highest BCUT2D eigenvalue weighted by atomic mass is 19.1. The highest BCUT2D eigenvalue weighted by Gasteiger charge is 2.31. The Morgan fingerprint density at radius 2 is 0.946 bits per heavy atom. The van der Waals surface area contributed by atoms with Crippen LogP contribution in [0.1, 0.15) is 186 Å². The van der Waals surface area contributed by atoms with Crippen molar-refractivity contribution in [1.29, 1.82) is 0 Å². The predicted octanol–water partition coefficient (Wildman–Crippen LogP) is 14.7. The number of carboxylic acid groups (broad SMARTS) is 1. The Morgan fingerprint density at radius 1 is 0.543 bits per heavy atom. The lowest BCUT2D eigenvalue weighted by molar-refractivity contribution is -0.144. The SMILES string of the molecule is C.CCOC(=O)C[C@H](CC(=O)C(CC(C)C)n1cc(CCN(C)C)c(C)cc1=O)c1cc(-c2c(C)cccc2CC)cc(C)c1F.CCOC(=O)C[C@H](N)c1cc(-c2c(C)cccc2CC)cc(C)c1F.Cc1cc(=O)n(C(CC(C)C)C(=O)O)cc1CCN(C)C. The number of carbonyl (C=O) groups is 4. The first kappa shape index (κ1) is 78.8. The van der Waals surface area contributed by atoms with Crippen molar-refractivity contribution in [2.75, 3.05) is 54.5 Å². The van der Waals surface area contributed by atoms with Gasteiger partial charge in [-0.25, -0.2) is 13.6 Å². The summed E-state index contributed by atoms with van der Waals surface area (Å²) in [7, 11) is 7.98. The summed E-state index contributed by atoms with van der Waals surface area (Å²) < 4.78 is 43.8. The van der Waals surface area contributed by atoms with Gasteiger partial charge in [0.25, 0.3) is 11.1 Å². The Labute approximate surface area is 547 Å². The predicted molar refractivity (Wildman–Crippen MR) is 370 cm³/mol. The third-order valence-electron chi connectivity index (χ3n) is 16.5. The fourth-order valence-electron chi connectivity index (χ4n) is 11.6. The van der Waals surface area contributed by atoms with Gasteiger partial charge in [0, 0.05) is 61.6 Å². The normalized spacial score (nSPS) is 12.5. The molecule has 2 heterocycles. The van der Waals surface area contributed by atoms with E-state index >= 15 is 4.39 Å². The molecule has 92 heavy (non-hydrogen) atoms. The van der Waals surface area contributed by atoms with Gasteiger partial charge in [0.2, 0.25) is 0 Å². The average molecular weight is 1270 g/mol. The average Bonchev–Trinajstić information content (AvgIpc) is 0.808. The minimum atomic E-state index is -0.951. The highest BCUT2D eigenvalue weighted by molar-refractivity contribution is 5.85. The maximum Gasteiger partial charge on any atom is 0.326 e. The van der Waals surface area contributed by atoms with Gasteiger partial charge < -0.3 is 39.2 Å². The van der Waals surface area contributed by atoms with Crippen LogP contribution in [0.15, 0.2) is 94.8 Å². The molecule has 2 aromatic heterocycles. The molecule has 4 atom stereocenters. The number of carbonyl (C=O) groups excluding carboxylic acids is 3. The number of nitrogens with two attached hydrogens (primary N) is 1. The molecule has 4 aromatic carbocycles. The van der Waals surface area contributed by atoms with E-state index < -0.39 is 47.8 Å². The summed E-state index contributed by atoms with van der Waals surface area (Å²) in [6, 6.07) is 20.4. The van der Waals surface area contributed by atoms with E-state index in [0.29, 0.717) is 35.1 Å². The Kier molecular flexibility index (Phi) is 32.0. The number of carboxylic acids is 1. The summed E-state index contributed by atoms with van der Waals surface area (Å²) in [5, 5.41) is 9.41. The van der Waals surface area contributed by atoms with Crippen LogP contribution in [-0.4, -0.2) is 102 Å². The Bertz CT molecular complexity index is 3570. The van der Waals surface area contributed by atoms with E-state index in [1.807, 2.05) is 126 Å². The number of hydrogen-bond donors (Lipinski definition) is 2. The molecule has 0 spiro atoms. The zero-order chi connectivity index (χ0) is 68.1. The zero-order valence-electron chi connectivity index (χ0n) is 57.6. The van der Waals surface area contributed by atoms with Crippen molar-refractivity contribution in [1.82, 2.24) is 18.9 Å². The molecule has 0 bridgehead atoms. The molecule has 0 aliphatic rings. The van der Waals surface area contributed by atoms with Crippen molar-refractivity contribution >= 4 is 23.7 Å². The number of halogens is 2. The fourth-order valence-corrected chi connectivity index (χ4v) is 11.6. The first-order valence-electron chi connectivity index (χ1n) is 32.2. The molecule has 0 aliphatic heterocycles. The number of pyridine rings is 2. The van der Waals surface area contributed by atoms with Gasteiger partial charge in [0.05, 0.1) is 32.1 Å². The topological polar surface area (TPSA) is 183 Å². The van der Waals surface area contributed by atoms with Crippen molar-refractivity contribution in [3.05, 3.63) is 184 Å². The van der Waals surface area contributed by atoms with Crippen LogP contribution in [0.2, 0.25) is 0 Å². The number of esters is 2. The number of nitrogens with zero attached hydrogens (tertiary/aromatic N) is 4. The Hall–Kier alpha value is -7.40. The number of hydrogen-bond acceptors (Lipinski definition) is 11. The van der Waals surface area contributed by atoms with Crippen LogP contribution >= 0.6 is 0 Å². The van der Waals surface area contributed by atoms with Crippen LogP contribution in [0.4, 0.5) is 8.78 Å². The molecule has 0 aliphatic carbocycles. The van der Waals surface area contributed by atoms with Gasteiger partial charge in [0.15, 0.2) is 5.78 Å². The van der Waals surface area contributed by atoms with Crippen molar-refractivity contribution in [3.63, 3.8) is 0 Å². The smallest absolute Gasteiger partial charge is 0.326 e. The number of likely N-dealkylation sites (N-methyl/N-ethyl adjacent to an activating group) is 2. The second-order valence-corrected chi connectivity index (χ2v) is 25.5. The van der Waals surface area contributed by atoms with Gasteiger partial charge in [-0.1, -0.05) is 85.4 Å². The number of aromatic nitrogens is 2. The van der Waals surface area contributed by atoms with Gasteiger partial charge in [-0.15, -0.1) is 0 Å². The van der Waals surface area contributed by atoms with Crippen molar-refractivity contribution < 1.29 is 42.5 Å². The fraction of sp³-hybridized carbons (Fsp3) is 0.500. The molecule has 504 valence electrons. The van der Waals surface area contributed by atoms with Crippen LogP contribution < -0.4 is 16.9 Å². The number of Topliss-reactive ketones (excluding diaryl/α,β-unsaturated/α-hetero) is 1. The molecular weight excluding hydrogens is 1160 g/mol. The molecule has 0 amide bonds. The largest absolute Gasteiger partial charge is 0.480 e. The van der Waals surface area contributed by atoms with Crippen LogP contribution in [0.3, 0.4) is 0 Å². The quantitative estimate of drug-likeness (QED) is 0.0444. The molecule has 6 rings (SSSR count). The molecule has 14 nitrogen and oxygen atoms in total. The molecule has 0 fully saturated rings. The van der Waals surface area contributed by atoms with Crippen molar-refractivity contribution in [2.24, 2.45) is 17.6 Å². The summed E-state index contributed by atoms with van der Waals surface area (Å²) in [6.07, 6.45) is 7.40. The maximum atomic E-state index is 16.0. The zero-order valence-corrected chi connectivity index (χ0v) is 57.6. The summed E-state index contributed by atoms with van der Waals surface area (Å²) in [6.45, 7) is 29.1. The standard InChI is InChI=1S/C38H51FN2O4.C21H26FNO2.C16H26N2O3.CH4/c1-10-28-14-12-13-25(5)37(28)31-18-27(7)38(39)32(20-31)30(22-36(44)45-11-2)21-34(42)33(17-24(3)4)41-23-29(15-16-40(8)9)26(6)19-35(41)43;1-5-15-9-7-8-13(3)20(15)16-10-14(4)21(22)17(11-16)18(23)12-19(24)25-6-2;1-11(2)8-14(16(20)21)18-10-13(6-7-17(4)5)12(3)9-15(18)19;/h12-14,18-20,23-24,30,33H,10-11,15-17,21-22H2,1-9H3;7-11,18H,5-6,12,23H2,1-4H3;9-11,14H,6-8H2,1-5H3,(H,20,21);1H4/t30-,33?;18-;;/m00../s1. The summed E-state index contributed by atoms with van der Waals surface area (Å²) in [5.74, 6) is -3.25. The van der Waals surface area contributed by atoms with Gasteiger partial charge >= 0.3 is 17.9 Å². The number of aryl methyl sites for hydroxylation is 8. The monoisotopic (exact) mass is 1270 g/mol. The Morgan fingerprint density at radius 3 is 1.35 bits per heavy atom. The molecule has 16 heteroatoms. The number of ether oxygens (including phenoxy) is 2. The molecule has 0 saturated heterocycles. The van der Waals surface area contributed by atoms with E-state index in [4.69, 9.17) is 15.2 Å². The summed E-state index contributed by atoms with van der Waals surface area (Å²) >= 11 is 0. The third-order valence-corrected chi connectivity index (χ3v) is 16.5. The molecular formula is C76H107F2N5O9. The molecule has 0 saturated carbocycles. The van der Waals surface area contributed by atoms with E-state index in [-0.39, 0.29) is 74.5 Å². The van der Waals surface area contributed by atoms with E-state index in [1.165, 1.54) is 10.1 Å². The van der Waals surface area contributed by atoms with Crippen LogP contribution in [0.25, 0.3) is 22.3 Å². The second-order valence-electron chi connectivity index (χ2n) is 25.5. The lowest BCUT2D eigenvalue weighted by Crippen LogP contribution is -2.32. The number of aliphatic carboxylic acids is 1. The molecule has 6 aromatic rings. The maximum absolute atomic E-state index is 16.0. The highest BCUT2D eigenvalue weighted by Crippen LogP contribution is 2.38. The molecule has 2 unspecified atom stereocenters. The molecule has 0 radical (unpaired) electrons. The van der Waals surface area contributed by atoms with Gasteiger partial charge in [-0.3, -0.25) is 24.0 Å². The number of rotatable bonds is 28. The van der Waals surface area contributed by atoms with E-state index in [9.17, 15) is 38.3 Å². The molecule has 3 N–H and O–H groups in total. The van der Waals surface area contributed by atoms with E-state index in [1.54, 1.807) is 62.7 Å². The Balaban J connectivity index is 0.000000396. The summed E-state index contributed by atoms with van der Waals surface area (Å²) in [4.78, 5) is 80.0. The van der Waals surface area contributed by atoms with Crippen LogP contribution in [-0.2, 0) is 54.3 Å². The van der Waals surface area contributed by atoms with Crippen LogP contribution in [0.5, 0.6) is 0 Å². The first-order valence-corrected chi connectivity index (χ1v) is 32.2. The number of ketones is 1. The number of benzene rings is 4. The van der Waals surface area contributed by atoms with E-state index in [2.05, 4.69) is 35.8 Å². The van der Waals surface area contributed by atoms with Gasteiger partial charge in [-0.2, -0.15) is 0 Å². The van der Waals surface area contributed by atoms with Gasteiger partial charge in [-0.05, 0) is 242 Å². The van der Waals surface area contributed by atoms with Gasteiger partial charge in [0.1, 0.15) is 17.7 Å². The first-order chi connectivity index (χ1) is 42.9. The minimum absolute atomic E-state index is 0. The summed E-state index contributed by atoms with van der Waals surface area (Å²) in [5.41, 5.74) is 19.6. The van der Waals surface area contributed by atoms with E-state index in [0.717, 1.165) is 100.0 Å². The van der Waals surface area contributed by atoms with Crippen molar-refractivity contribution in [2.45, 2.75) is 186 Å². The van der Waals surface area contributed by atoms with Crippen LogP contribution in [0, 0.1) is 65.0 Å². The third kappa shape index (κ3) is 22.4. The minimum Gasteiger partial charge on any atom is -0.480 e.